The molecule has 1 aromatic rings. The standard InChI is InChI=1S/C13H13ClN2/c1-3-5-11(4-2)16-12-7-6-10(9-15)13(14)8-12/h2,6-8,11,16H,3,5H2,1H3. The van der Waals surface area contributed by atoms with E-state index in [9.17, 15) is 0 Å². The molecule has 3 heteroatoms. The van der Waals surface area contributed by atoms with Crippen LogP contribution in [0, 0.1) is 23.7 Å². The lowest BCUT2D eigenvalue weighted by Crippen LogP contribution is -2.16. The van der Waals surface area contributed by atoms with Gasteiger partial charge in [0.1, 0.15) is 6.07 Å². The summed E-state index contributed by atoms with van der Waals surface area (Å²) < 4.78 is 0. The number of terminal acetylenes is 1. The molecule has 2 nitrogen and oxygen atoms in total. The summed E-state index contributed by atoms with van der Waals surface area (Å²) in [7, 11) is 0. The van der Waals surface area contributed by atoms with Gasteiger partial charge in [-0.05, 0) is 24.6 Å². The molecule has 0 aliphatic heterocycles. The van der Waals surface area contributed by atoms with Crippen molar-refractivity contribution in [3.8, 4) is 18.4 Å². The van der Waals surface area contributed by atoms with Crippen LogP contribution in [0.3, 0.4) is 0 Å². The number of benzene rings is 1. The van der Waals surface area contributed by atoms with Gasteiger partial charge in [0.05, 0.1) is 16.6 Å². The Kier molecular flexibility index (Phi) is 4.70. The lowest BCUT2D eigenvalue weighted by Gasteiger charge is -2.13. The predicted molar refractivity (Wildman–Crippen MR) is 67.3 cm³/mol. The first-order valence-corrected chi connectivity index (χ1v) is 5.51. The van der Waals surface area contributed by atoms with Gasteiger partial charge in [-0.15, -0.1) is 6.42 Å². The van der Waals surface area contributed by atoms with Gasteiger partial charge in [-0.3, -0.25) is 0 Å². The minimum Gasteiger partial charge on any atom is -0.372 e. The van der Waals surface area contributed by atoms with Crippen molar-refractivity contribution in [2.45, 2.75) is 25.8 Å². The fourth-order valence-electron chi connectivity index (χ4n) is 1.38. The molecule has 1 unspecified atom stereocenters. The summed E-state index contributed by atoms with van der Waals surface area (Å²) in [5.41, 5.74) is 1.32. The van der Waals surface area contributed by atoms with E-state index in [1.165, 1.54) is 0 Å². The van der Waals surface area contributed by atoms with Crippen LogP contribution in [0.4, 0.5) is 5.69 Å². The molecule has 1 atom stereocenters. The van der Waals surface area contributed by atoms with Crippen LogP contribution in [0.25, 0.3) is 0 Å². The number of nitriles is 1. The summed E-state index contributed by atoms with van der Waals surface area (Å²) in [5, 5.41) is 12.4. The maximum Gasteiger partial charge on any atom is 0.101 e. The van der Waals surface area contributed by atoms with Gasteiger partial charge in [-0.25, -0.2) is 0 Å². The molecule has 0 fully saturated rings. The number of hydrogen-bond donors (Lipinski definition) is 1. The van der Waals surface area contributed by atoms with Crippen LogP contribution in [0.5, 0.6) is 0 Å². The van der Waals surface area contributed by atoms with Crippen LogP contribution in [0.15, 0.2) is 18.2 Å². The molecule has 82 valence electrons. The van der Waals surface area contributed by atoms with E-state index in [0.29, 0.717) is 10.6 Å². The Morgan fingerprint density at radius 2 is 2.31 bits per heavy atom. The highest BCUT2D eigenvalue weighted by molar-refractivity contribution is 6.32. The summed E-state index contributed by atoms with van der Waals surface area (Å²) in [6, 6.07) is 7.24. The van der Waals surface area contributed by atoms with Crippen molar-refractivity contribution in [2.24, 2.45) is 0 Å². The number of rotatable bonds is 4. The second-order valence-corrected chi connectivity index (χ2v) is 3.87. The molecular weight excluding hydrogens is 220 g/mol. The molecule has 0 saturated heterocycles. The Bertz CT molecular complexity index is 440. The SMILES string of the molecule is C#CC(CCC)Nc1ccc(C#N)c(Cl)c1. The number of nitrogens with zero attached hydrogens (tertiary/aromatic N) is 1. The van der Waals surface area contributed by atoms with Crippen LogP contribution in [-0.4, -0.2) is 6.04 Å². The molecular formula is C13H13ClN2. The van der Waals surface area contributed by atoms with Crippen molar-refractivity contribution in [3.05, 3.63) is 28.8 Å². The molecule has 16 heavy (non-hydrogen) atoms. The Morgan fingerprint density at radius 3 is 2.81 bits per heavy atom. The topological polar surface area (TPSA) is 35.8 Å². The summed E-state index contributed by atoms with van der Waals surface area (Å²) in [5.74, 6) is 2.68. The van der Waals surface area contributed by atoms with Gasteiger partial charge in [0.15, 0.2) is 0 Å². The summed E-state index contributed by atoms with van der Waals surface area (Å²) in [4.78, 5) is 0. The first-order valence-electron chi connectivity index (χ1n) is 5.13. The molecule has 1 aromatic carbocycles. The number of halogens is 1. The second-order valence-electron chi connectivity index (χ2n) is 3.46. The van der Waals surface area contributed by atoms with Gasteiger partial charge >= 0.3 is 0 Å². The van der Waals surface area contributed by atoms with E-state index in [2.05, 4.69) is 18.2 Å². The molecule has 0 aliphatic rings. The summed E-state index contributed by atoms with van der Waals surface area (Å²) in [6.07, 6.45) is 7.33. The highest BCUT2D eigenvalue weighted by Gasteiger charge is 2.05. The predicted octanol–water partition coefficient (Wildman–Crippen LogP) is 3.43. The minimum absolute atomic E-state index is 0.00834. The van der Waals surface area contributed by atoms with Crippen molar-refractivity contribution in [1.29, 1.82) is 5.26 Å². The average Bonchev–Trinajstić information content (AvgIpc) is 2.28. The fourth-order valence-corrected chi connectivity index (χ4v) is 1.61. The van der Waals surface area contributed by atoms with Crippen LogP contribution in [0.2, 0.25) is 5.02 Å². The maximum absolute atomic E-state index is 8.73. The van der Waals surface area contributed by atoms with Crippen molar-refractivity contribution in [3.63, 3.8) is 0 Å². The zero-order valence-electron chi connectivity index (χ0n) is 9.13. The van der Waals surface area contributed by atoms with Gasteiger partial charge in [-0.2, -0.15) is 5.26 Å². The van der Waals surface area contributed by atoms with E-state index >= 15 is 0 Å². The Labute approximate surface area is 101 Å². The van der Waals surface area contributed by atoms with Crippen molar-refractivity contribution < 1.29 is 0 Å². The van der Waals surface area contributed by atoms with Crippen molar-refractivity contribution >= 4 is 17.3 Å². The van der Waals surface area contributed by atoms with E-state index in [1.54, 1.807) is 12.1 Å². The summed E-state index contributed by atoms with van der Waals surface area (Å²) in [6.45, 7) is 2.08. The number of anilines is 1. The van der Waals surface area contributed by atoms with Crippen molar-refractivity contribution in [1.82, 2.24) is 0 Å². The van der Waals surface area contributed by atoms with Gasteiger partial charge in [0.2, 0.25) is 0 Å². The highest BCUT2D eigenvalue weighted by Crippen LogP contribution is 2.21. The van der Waals surface area contributed by atoms with Crippen LogP contribution < -0.4 is 5.32 Å². The zero-order chi connectivity index (χ0) is 12.0. The summed E-state index contributed by atoms with van der Waals surface area (Å²) >= 11 is 5.92. The van der Waals surface area contributed by atoms with E-state index in [4.69, 9.17) is 23.3 Å². The maximum atomic E-state index is 8.73. The second kappa shape index (κ2) is 6.05. The Morgan fingerprint density at radius 1 is 1.56 bits per heavy atom. The smallest absolute Gasteiger partial charge is 0.101 e. The fraction of sp³-hybridized carbons (Fsp3) is 0.308. The normalized spacial score (nSPS) is 11.2. The molecule has 0 aliphatic carbocycles. The van der Waals surface area contributed by atoms with Gasteiger partial charge in [0.25, 0.3) is 0 Å². The molecule has 0 aromatic heterocycles. The van der Waals surface area contributed by atoms with E-state index in [1.807, 2.05) is 12.1 Å². The van der Waals surface area contributed by atoms with E-state index in [-0.39, 0.29) is 6.04 Å². The molecule has 1 N–H and O–H groups in total. The van der Waals surface area contributed by atoms with Gasteiger partial charge in [0, 0.05) is 5.69 Å². The lowest BCUT2D eigenvalue weighted by molar-refractivity contribution is 0.756. The lowest BCUT2D eigenvalue weighted by atomic mass is 10.1. The van der Waals surface area contributed by atoms with Gasteiger partial charge in [-0.1, -0.05) is 30.9 Å². The largest absolute Gasteiger partial charge is 0.372 e. The van der Waals surface area contributed by atoms with E-state index in [0.717, 1.165) is 18.5 Å². The minimum atomic E-state index is 0.00834. The molecule has 0 radical (unpaired) electrons. The zero-order valence-corrected chi connectivity index (χ0v) is 9.88. The first kappa shape index (κ1) is 12.4. The molecule has 0 heterocycles. The third-order valence-corrected chi connectivity index (χ3v) is 2.52. The first-order chi connectivity index (χ1) is 7.71. The molecule has 0 saturated carbocycles. The quantitative estimate of drug-likeness (QED) is 0.808. The highest BCUT2D eigenvalue weighted by atomic mass is 35.5. The Balaban J connectivity index is 2.79. The third-order valence-electron chi connectivity index (χ3n) is 2.21. The van der Waals surface area contributed by atoms with Crippen LogP contribution in [-0.2, 0) is 0 Å². The monoisotopic (exact) mass is 232 g/mol. The molecule has 0 amide bonds. The van der Waals surface area contributed by atoms with Gasteiger partial charge < -0.3 is 5.32 Å². The number of nitrogens with one attached hydrogen (secondary N) is 1. The van der Waals surface area contributed by atoms with Crippen LogP contribution >= 0.6 is 11.6 Å². The van der Waals surface area contributed by atoms with Crippen molar-refractivity contribution in [2.75, 3.05) is 5.32 Å². The molecule has 0 spiro atoms. The van der Waals surface area contributed by atoms with E-state index < -0.39 is 0 Å². The van der Waals surface area contributed by atoms with Crippen LogP contribution in [0.1, 0.15) is 25.3 Å². The average molecular weight is 233 g/mol. The Hall–Kier alpha value is -1.64. The molecule has 1 rings (SSSR count). The third kappa shape index (κ3) is 3.19. The number of hydrogen-bond acceptors (Lipinski definition) is 2. The molecule has 0 bridgehead atoms.